The van der Waals surface area contributed by atoms with Crippen LogP contribution in [-0.4, -0.2) is 6.54 Å². The van der Waals surface area contributed by atoms with Crippen LogP contribution in [0.1, 0.15) is 16.7 Å². The summed E-state index contributed by atoms with van der Waals surface area (Å²) in [7, 11) is 0. The monoisotopic (exact) mass is 267 g/mol. The van der Waals surface area contributed by atoms with Crippen molar-refractivity contribution in [2.75, 3.05) is 17.2 Å². The van der Waals surface area contributed by atoms with Crippen LogP contribution < -0.4 is 10.6 Å². The zero-order chi connectivity index (χ0) is 13.9. The number of fused-ring (bicyclic) bond motifs is 1. The minimum absolute atomic E-state index is 0.325. The molecule has 0 amide bonds. The number of rotatable bonds is 3. The van der Waals surface area contributed by atoms with Crippen molar-refractivity contribution >= 4 is 11.4 Å². The van der Waals surface area contributed by atoms with Gasteiger partial charge in [-0.3, -0.25) is 0 Å². The lowest BCUT2D eigenvalue weighted by Crippen LogP contribution is -2.04. The van der Waals surface area contributed by atoms with Crippen molar-refractivity contribution in [1.29, 1.82) is 5.26 Å². The molecule has 100 valence electrons. The quantitative estimate of drug-likeness (QED) is 0.897. The molecule has 0 bridgehead atoms. The van der Waals surface area contributed by atoms with Gasteiger partial charge in [0.2, 0.25) is 0 Å². The molecule has 0 atom stereocenters. The molecular formula is C16H14FN3. The van der Waals surface area contributed by atoms with Crippen LogP contribution in [0.2, 0.25) is 0 Å². The van der Waals surface area contributed by atoms with Crippen molar-refractivity contribution in [3.63, 3.8) is 0 Å². The SMILES string of the molecule is N#Cc1cc(F)ccc1NCc1cccc2c1NCC2. The van der Waals surface area contributed by atoms with Crippen molar-refractivity contribution in [3.8, 4) is 6.07 Å². The van der Waals surface area contributed by atoms with Crippen LogP contribution in [0.5, 0.6) is 0 Å². The Hall–Kier alpha value is -2.54. The van der Waals surface area contributed by atoms with Crippen molar-refractivity contribution in [2.24, 2.45) is 0 Å². The Morgan fingerprint density at radius 3 is 3.05 bits per heavy atom. The number of nitriles is 1. The Morgan fingerprint density at radius 2 is 2.20 bits per heavy atom. The molecule has 1 heterocycles. The molecule has 0 fully saturated rings. The van der Waals surface area contributed by atoms with Crippen molar-refractivity contribution < 1.29 is 4.39 Å². The van der Waals surface area contributed by atoms with Crippen molar-refractivity contribution in [3.05, 3.63) is 58.9 Å². The Labute approximate surface area is 117 Å². The smallest absolute Gasteiger partial charge is 0.124 e. The fraction of sp³-hybridized carbons (Fsp3) is 0.188. The molecule has 3 nitrogen and oxygen atoms in total. The van der Waals surface area contributed by atoms with Crippen LogP contribution >= 0.6 is 0 Å². The van der Waals surface area contributed by atoms with E-state index in [2.05, 4.69) is 22.8 Å². The molecule has 3 rings (SSSR count). The molecule has 0 saturated carbocycles. The van der Waals surface area contributed by atoms with Gasteiger partial charge in [-0.05, 0) is 35.7 Å². The van der Waals surface area contributed by atoms with Gasteiger partial charge in [-0.25, -0.2) is 4.39 Å². The maximum atomic E-state index is 13.1. The van der Waals surface area contributed by atoms with Crippen LogP contribution in [0, 0.1) is 17.1 Å². The molecule has 1 aliphatic rings. The van der Waals surface area contributed by atoms with Gasteiger partial charge in [0.05, 0.1) is 11.3 Å². The van der Waals surface area contributed by atoms with E-state index in [0.29, 0.717) is 17.8 Å². The second-order valence-electron chi connectivity index (χ2n) is 4.78. The molecule has 4 heteroatoms. The molecular weight excluding hydrogens is 253 g/mol. The molecule has 0 unspecified atom stereocenters. The standard InChI is InChI=1S/C16H14FN3/c17-14-4-5-15(13(8-14)9-18)20-10-12-3-1-2-11-6-7-19-16(11)12/h1-5,8,19-20H,6-7,10H2. The van der Waals surface area contributed by atoms with Crippen LogP contribution in [0.4, 0.5) is 15.8 Å². The summed E-state index contributed by atoms with van der Waals surface area (Å²) in [5, 5.41) is 15.6. The van der Waals surface area contributed by atoms with Crippen LogP contribution in [0.3, 0.4) is 0 Å². The van der Waals surface area contributed by atoms with Gasteiger partial charge in [0.25, 0.3) is 0 Å². The third-order valence-corrected chi connectivity index (χ3v) is 3.50. The predicted molar refractivity (Wildman–Crippen MR) is 77.1 cm³/mol. The summed E-state index contributed by atoms with van der Waals surface area (Å²) in [5.41, 5.74) is 4.65. The van der Waals surface area contributed by atoms with E-state index in [9.17, 15) is 4.39 Å². The first-order valence-electron chi connectivity index (χ1n) is 6.56. The Balaban J connectivity index is 1.81. The predicted octanol–water partition coefficient (Wildman–Crippen LogP) is 3.28. The Kier molecular flexibility index (Phi) is 3.26. The highest BCUT2D eigenvalue weighted by molar-refractivity contribution is 5.63. The molecule has 2 aromatic rings. The maximum absolute atomic E-state index is 13.1. The molecule has 0 spiro atoms. The molecule has 0 aliphatic carbocycles. The highest BCUT2D eigenvalue weighted by atomic mass is 19.1. The first-order chi connectivity index (χ1) is 9.78. The molecule has 0 aromatic heterocycles. The molecule has 20 heavy (non-hydrogen) atoms. The van der Waals surface area contributed by atoms with Gasteiger partial charge in [0.15, 0.2) is 0 Å². The van der Waals surface area contributed by atoms with Crippen LogP contribution in [0.15, 0.2) is 36.4 Å². The number of anilines is 2. The van der Waals surface area contributed by atoms with E-state index < -0.39 is 5.82 Å². The topological polar surface area (TPSA) is 47.9 Å². The van der Waals surface area contributed by atoms with Gasteiger partial charge < -0.3 is 10.6 Å². The van der Waals surface area contributed by atoms with E-state index in [4.69, 9.17) is 5.26 Å². The highest BCUT2D eigenvalue weighted by Gasteiger charge is 2.13. The fourth-order valence-electron chi connectivity index (χ4n) is 2.51. The van der Waals surface area contributed by atoms with E-state index in [1.165, 1.54) is 23.4 Å². The number of hydrogen-bond donors (Lipinski definition) is 2. The number of hydrogen-bond acceptors (Lipinski definition) is 3. The van der Waals surface area contributed by atoms with Gasteiger partial charge in [-0.15, -0.1) is 0 Å². The number of nitrogens with zero attached hydrogens (tertiary/aromatic N) is 1. The molecule has 0 saturated heterocycles. The zero-order valence-electron chi connectivity index (χ0n) is 10.9. The van der Waals surface area contributed by atoms with E-state index in [1.807, 2.05) is 12.1 Å². The molecule has 0 radical (unpaired) electrons. The number of benzene rings is 2. The van der Waals surface area contributed by atoms with E-state index >= 15 is 0 Å². The second kappa shape index (κ2) is 5.22. The summed E-state index contributed by atoms with van der Waals surface area (Å²) < 4.78 is 13.1. The van der Waals surface area contributed by atoms with Gasteiger partial charge in [0.1, 0.15) is 11.9 Å². The number of para-hydroxylation sites is 1. The Morgan fingerprint density at radius 1 is 1.30 bits per heavy atom. The van der Waals surface area contributed by atoms with E-state index in [-0.39, 0.29) is 0 Å². The van der Waals surface area contributed by atoms with Gasteiger partial charge in [-0.2, -0.15) is 5.26 Å². The van der Waals surface area contributed by atoms with Crippen molar-refractivity contribution in [2.45, 2.75) is 13.0 Å². The third kappa shape index (κ3) is 2.30. The minimum atomic E-state index is -0.394. The average molecular weight is 267 g/mol. The van der Waals surface area contributed by atoms with E-state index in [0.717, 1.165) is 18.5 Å². The van der Waals surface area contributed by atoms with Crippen LogP contribution in [0.25, 0.3) is 0 Å². The summed E-state index contributed by atoms with van der Waals surface area (Å²) in [6, 6.07) is 12.4. The lowest BCUT2D eigenvalue weighted by atomic mass is 10.1. The molecule has 2 aromatic carbocycles. The van der Waals surface area contributed by atoms with Gasteiger partial charge >= 0.3 is 0 Å². The summed E-state index contributed by atoms with van der Waals surface area (Å²) in [4.78, 5) is 0. The first kappa shape index (κ1) is 12.5. The van der Waals surface area contributed by atoms with Crippen molar-refractivity contribution in [1.82, 2.24) is 0 Å². The lowest BCUT2D eigenvalue weighted by molar-refractivity contribution is 0.627. The average Bonchev–Trinajstić information content (AvgIpc) is 2.94. The number of nitrogens with one attached hydrogen (secondary N) is 2. The summed E-state index contributed by atoms with van der Waals surface area (Å²) in [5.74, 6) is -0.394. The summed E-state index contributed by atoms with van der Waals surface area (Å²) in [6.07, 6.45) is 1.04. The molecule has 2 N–H and O–H groups in total. The van der Waals surface area contributed by atoms with E-state index in [1.54, 1.807) is 6.07 Å². The Bertz CT molecular complexity index is 689. The fourth-order valence-corrected chi connectivity index (χ4v) is 2.51. The summed E-state index contributed by atoms with van der Waals surface area (Å²) in [6.45, 7) is 1.57. The molecule has 1 aliphatic heterocycles. The number of halogens is 1. The summed E-state index contributed by atoms with van der Waals surface area (Å²) >= 11 is 0. The maximum Gasteiger partial charge on any atom is 0.124 e. The lowest BCUT2D eigenvalue weighted by Gasteiger charge is -2.12. The highest BCUT2D eigenvalue weighted by Crippen LogP contribution is 2.27. The third-order valence-electron chi connectivity index (χ3n) is 3.50. The minimum Gasteiger partial charge on any atom is -0.384 e. The second-order valence-corrected chi connectivity index (χ2v) is 4.78. The van der Waals surface area contributed by atoms with Crippen LogP contribution in [-0.2, 0) is 13.0 Å². The normalized spacial score (nSPS) is 12.4. The van der Waals surface area contributed by atoms with Gasteiger partial charge in [-0.1, -0.05) is 18.2 Å². The first-order valence-corrected chi connectivity index (χ1v) is 6.56. The largest absolute Gasteiger partial charge is 0.384 e. The zero-order valence-corrected chi connectivity index (χ0v) is 10.9. The van der Waals surface area contributed by atoms with Gasteiger partial charge in [0, 0.05) is 18.8 Å².